The topological polar surface area (TPSA) is 61.4 Å². The van der Waals surface area contributed by atoms with E-state index in [-0.39, 0.29) is 17.7 Å². The van der Waals surface area contributed by atoms with Crippen LogP contribution >= 0.6 is 0 Å². The number of anilines is 2. The quantitative estimate of drug-likeness (QED) is 0.907. The maximum absolute atomic E-state index is 12.6. The molecule has 25 heavy (non-hydrogen) atoms. The van der Waals surface area contributed by atoms with Crippen LogP contribution in [0.2, 0.25) is 0 Å². The molecule has 0 radical (unpaired) electrons. The van der Waals surface area contributed by atoms with Gasteiger partial charge in [0.2, 0.25) is 5.91 Å². The minimum Gasteiger partial charge on any atom is -0.384 e. The predicted octanol–water partition coefficient (Wildman–Crippen LogP) is 2.76. The summed E-state index contributed by atoms with van der Waals surface area (Å²) < 4.78 is 0. The van der Waals surface area contributed by atoms with E-state index in [1.807, 2.05) is 48.5 Å². The normalized spacial score (nSPS) is 18.6. The van der Waals surface area contributed by atoms with Gasteiger partial charge in [-0.05, 0) is 48.7 Å². The molecule has 2 aromatic rings. The fraction of sp³-hybridized carbons (Fsp3) is 0.300. The van der Waals surface area contributed by atoms with Gasteiger partial charge in [0.05, 0.1) is 5.92 Å². The molecule has 2 aliphatic rings. The second-order valence-electron chi connectivity index (χ2n) is 6.64. The fourth-order valence-electron chi connectivity index (χ4n) is 3.55. The molecule has 1 saturated heterocycles. The van der Waals surface area contributed by atoms with Crippen molar-refractivity contribution in [3.8, 4) is 0 Å². The van der Waals surface area contributed by atoms with Gasteiger partial charge in [0.15, 0.2) is 0 Å². The SMILES string of the molecule is O=C(Nc1ccc2c(c1)CCN2)C1CCN(C(=O)c2ccccc2)C1. The van der Waals surface area contributed by atoms with Gasteiger partial charge in [-0.25, -0.2) is 0 Å². The van der Waals surface area contributed by atoms with Gasteiger partial charge in [-0.3, -0.25) is 9.59 Å². The van der Waals surface area contributed by atoms with E-state index in [4.69, 9.17) is 0 Å². The molecule has 1 fully saturated rings. The van der Waals surface area contributed by atoms with Gasteiger partial charge >= 0.3 is 0 Å². The van der Waals surface area contributed by atoms with Gasteiger partial charge in [-0.15, -0.1) is 0 Å². The zero-order chi connectivity index (χ0) is 17.2. The Morgan fingerprint density at radius 2 is 1.96 bits per heavy atom. The number of hydrogen-bond acceptors (Lipinski definition) is 3. The molecule has 2 N–H and O–H groups in total. The number of rotatable bonds is 3. The summed E-state index contributed by atoms with van der Waals surface area (Å²) in [7, 11) is 0. The molecule has 0 saturated carbocycles. The summed E-state index contributed by atoms with van der Waals surface area (Å²) in [4.78, 5) is 26.8. The molecular formula is C20H21N3O2. The van der Waals surface area contributed by atoms with Crippen LogP contribution in [0.4, 0.5) is 11.4 Å². The lowest BCUT2D eigenvalue weighted by molar-refractivity contribution is -0.119. The van der Waals surface area contributed by atoms with Crippen LogP contribution in [0, 0.1) is 5.92 Å². The highest BCUT2D eigenvalue weighted by Crippen LogP contribution is 2.26. The summed E-state index contributed by atoms with van der Waals surface area (Å²) in [5.74, 6) is -0.159. The molecule has 2 heterocycles. The third-order valence-corrected chi connectivity index (χ3v) is 4.95. The zero-order valence-electron chi connectivity index (χ0n) is 14.0. The molecule has 2 amide bonds. The van der Waals surface area contributed by atoms with E-state index in [1.165, 1.54) is 5.56 Å². The van der Waals surface area contributed by atoms with Crippen molar-refractivity contribution >= 4 is 23.2 Å². The lowest BCUT2D eigenvalue weighted by Gasteiger charge is -2.16. The average Bonchev–Trinajstić information content (AvgIpc) is 3.31. The summed E-state index contributed by atoms with van der Waals surface area (Å²) in [5, 5.41) is 6.32. The summed E-state index contributed by atoms with van der Waals surface area (Å²) in [6, 6.07) is 15.2. The van der Waals surface area contributed by atoms with E-state index >= 15 is 0 Å². The molecule has 0 spiro atoms. The van der Waals surface area contributed by atoms with Gasteiger partial charge in [0.1, 0.15) is 0 Å². The van der Waals surface area contributed by atoms with E-state index < -0.39 is 0 Å². The number of likely N-dealkylation sites (tertiary alicyclic amines) is 1. The Morgan fingerprint density at radius 3 is 2.80 bits per heavy atom. The van der Waals surface area contributed by atoms with Crippen LogP contribution in [-0.2, 0) is 11.2 Å². The van der Waals surface area contributed by atoms with Crippen LogP contribution in [-0.4, -0.2) is 36.3 Å². The summed E-state index contributed by atoms with van der Waals surface area (Å²) in [6.07, 6.45) is 1.69. The van der Waals surface area contributed by atoms with E-state index in [1.54, 1.807) is 4.90 Å². The number of carbonyl (C=O) groups excluding carboxylic acids is 2. The molecule has 0 aliphatic carbocycles. The van der Waals surface area contributed by atoms with E-state index in [0.29, 0.717) is 25.1 Å². The van der Waals surface area contributed by atoms with Gasteiger partial charge in [0.25, 0.3) is 5.91 Å². The Labute approximate surface area is 147 Å². The van der Waals surface area contributed by atoms with Crippen LogP contribution in [0.5, 0.6) is 0 Å². The first-order chi connectivity index (χ1) is 12.2. The summed E-state index contributed by atoms with van der Waals surface area (Å²) in [5.41, 5.74) is 3.90. The van der Waals surface area contributed by atoms with Crippen LogP contribution in [0.3, 0.4) is 0 Å². The molecule has 5 nitrogen and oxygen atoms in total. The van der Waals surface area contributed by atoms with Crippen LogP contribution in [0.15, 0.2) is 48.5 Å². The van der Waals surface area contributed by atoms with Crippen molar-refractivity contribution < 1.29 is 9.59 Å². The van der Waals surface area contributed by atoms with Gasteiger partial charge < -0.3 is 15.5 Å². The molecule has 0 bridgehead atoms. The molecule has 5 heteroatoms. The highest BCUT2D eigenvalue weighted by atomic mass is 16.2. The number of benzene rings is 2. The van der Waals surface area contributed by atoms with Crippen molar-refractivity contribution in [2.75, 3.05) is 30.3 Å². The number of nitrogens with zero attached hydrogens (tertiary/aromatic N) is 1. The Kier molecular flexibility index (Phi) is 4.14. The molecule has 2 aliphatic heterocycles. The van der Waals surface area contributed by atoms with Crippen molar-refractivity contribution in [1.82, 2.24) is 4.90 Å². The first-order valence-electron chi connectivity index (χ1n) is 8.73. The molecule has 1 atom stereocenters. The van der Waals surface area contributed by atoms with E-state index in [9.17, 15) is 9.59 Å². The van der Waals surface area contributed by atoms with E-state index in [2.05, 4.69) is 10.6 Å². The Hall–Kier alpha value is -2.82. The standard InChI is InChI=1S/C20H21N3O2/c24-19(22-17-6-7-18-15(12-17)8-10-21-18)16-9-11-23(13-16)20(25)14-4-2-1-3-5-14/h1-7,12,16,21H,8-11,13H2,(H,22,24). The van der Waals surface area contributed by atoms with Crippen molar-refractivity contribution in [1.29, 1.82) is 0 Å². The number of nitrogens with one attached hydrogen (secondary N) is 2. The van der Waals surface area contributed by atoms with Crippen molar-refractivity contribution in [2.24, 2.45) is 5.92 Å². The number of fused-ring (bicyclic) bond motifs is 1. The van der Waals surface area contributed by atoms with Crippen LogP contribution in [0.25, 0.3) is 0 Å². The highest BCUT2D eigenvalue weighted by Gasteiger charge is 2.31. The number of hydrogen-bond donors (Lipinski definition) is 2. The fourth-order valence-corrected chi connectivity index (χ4v) is 3.55. The summed E-state index contributed by atoms with van der Waals surface area (Å²) >= 11 is 0. The lowest BCUT2D eigenvalue weighted by atomic mass is 10.1. The Balaban J connectivity index is 1.38. The molecule has 1 unspecified atom stereocenters. The van der Waals surface area contributed by atoms with Crippen LogP contribution < -0.4 is 10.6 Å². The highest BCUT2D eigenvalue weighted by molar-refractivity contribution is 5.97. The van der Waals surface area contributed by atoms with Gasteiger partial charge in [-0.2, -0.15) is 0 Å². The molecular weight excluding hydrogens is 314 g/mol. The van der Waals surface area contributed by atoms with Crippen molar-refractivity contribution in [3.63, 3.8) is 0 Å². The predicted molar refractivity (Wildman–Crippen MR) is 97.7 cm³/mol. The number of carbonyl (C=O) groups is 2. The Morgan fingerprint density at radius 1 is 1.12 bits per heavy atom. The molecule has 4 rings (SSSR count). The molecule has 0 aromatic heterocycles. The second-order valence-corrected chi connectivity index (χ2v) is 6.64. The third-order valence-electron chi connectivity index (χ3n) is 4.95. The molecule has 128 valence electrons. The zero-order valence-corrected chi connectivity index (χ0v) is 14.0. The number of amides is 2. The van der Waals surface area contributed by atoms with Crippen LogP contribution in [0.1, 0.15) is 22.3 Å². The smallest absolute Gasteiger partial charge is 0.253 e. The average molecular weight is 335 g/mol. The third kappa shape index (κ3) is 3.22. The van der Waals surface area contributed by atoms with Crippen molar-refractivity contribution in [2.45, 2.75) is 12.8 Å². The molecule has 2 aromatic carbocycles. The summed E-state index contributed by atoms with van der Waals surface area (Å²) in [6.45, 7) is 2.05. The maximum atomic E-state index is 12.6. The second kappa shape index (κ2) is 6.59. The largest absolute Gasteiger partial charge is 0.384 e. The maximum Gasteiger partial charge on any atom is 0.253 e. The lowest BCUT2D eigenvalue weighted by Crippen LogP contribution is -2.31. The minimum absolute atomic E-state index is 0.000458. The van der Waals surface area contributed by atoms with E-state index in [0.717, 1.165) is 24.3 Å². The van der Waals surface area contributed by atoms with Gasteiger partial charge in [0, 0.05) is 36.6 Å². The monoisotopic (exact) mass is 335 g/mol. The minimum atomic E-state index is -0.154. The van der Waals surface area contributed by atoms with Crippen molar-refractivity contribution in [3.05, 3.63) is 59.7 Å². The first kappa shape index (κ1) is 15.7. The Bertz CT molecular complexity index is 804. The first-order valence-corrected chi connectivity index (χ1v) is 8.73. The van der Waals surface area contributed by atoms with Gasteiger partial charge in [-0.1, -0.05) is 18.2 Å².